The Bertz CT molecular complexity index is 339. The summed E-state index contributed by atoms with van der Waals surface area (Å²) in [5.41, 5.74) is 0.137. The molecule has 0 aromatic carbocycles. The molecule has 1 rings (SSSR count). The molecule has 1 aromatic rings. The SMILES string of the molecule is CCCNc1cncc(NC(CC)(CC)CC)n1. The summed E-state index contributed by atoms with van der Waals surface area (Å²) in [6, 6.07) is 0. The lowest BCUT2D eigenvalue weighted by Gasteiger charge is -2.32. The first kappa shape index (κ1) is 14.7. The Morgan fingerprint density at radius 3 is 2.17 bits per heavy atom. The number of rotatable bonds is 8. The molecule has 0 saturated heterocycles. The summed E-state index contributed by atoms with van der Waals surface area (Å²) < 4.78 is 0. The molecule has 102 valence electrons. The van der Waals surface area contributed by atoms with Crippen LogP contribution in [0.15, 0.2) is 12.4 Å². The third-order valence-corrected chi connectivity index (χ3v) is 3.61. The molecule has 1 aromatic heterocycles. The Kier molecular flexibility index (Phi) is 5.89. The maximum absolute atomic E-state index is 4.55. The standard InChI is InChI=1S/C14H26N4/c1-5-9-16-12-10-15-11-13(17-12)18-14(6-2,7-3)8-4/h10-11H,5-9H2,1-4H3,(H2,16,17,18). The van der Waals surface area contributed by atoms with Gasteiger partial charge in [-0.15, -0.1) is 0 Å². The van der Waals surface area contributed by atoms with Crippen molar-refractivity contribution in [3.63, 3.8) is 0 Å². The molecule has 0 aliphatic rings. The van der Waals surface area contributed by atoms with Crippen molar-refractivity contribution in [3.05, 3.63) is 12.4 Å². The summed E-state index contributed by atoms with van der Waals surface area (Å²) in [6.07, 6.45) is 7.93. The third-order valence-electron chi connectivity index (χ3n) is 3.61. The van der Waals surface area contributed by atoms with E-state index in [1.165, 1.54) is 0 Å². The van der Waals surface area contributed by atoms with Crippen molar-refractivity contribution < 1.29 is 0 Å². The van der Waals surface area contributed by atoms with Gasteiger partial charge in [-0.1, -0.05) is 27.7 Å². The molecule has 0 unspecified atom stereocenters. The Hall–Kier alpha value is -1.32. The summed E-state index contributed by atoms with van der Waals surface area (Å²) in [5, 5.41) is 6.81. The van der Waals surface area contributed by atoms with Crippen molar-refractivity contribution in [2.45, 2.75) is 58.9 Å². The second-order valence-electron chi connectivity index (χ2n) is 4.68. The smallest absolute Gasteiger partial charge is 0.147 e. The fraction of sp³-hybridized carbons (Fsp3) is 0.714. The summed E-state index contributed by atoms with van der Waals surface area (Å²) in [4.78, 5) is 8.79. The number of nitrogens with zero attached hydrogens (tertiary/aromatic N) is 2. The van der Waals surface area contributed by atoms with E-state index < -0.39 is 0 Å². The lowest BCUT2D eigenvalue weighted by Crippen LogP contribution is -2.36. The first-order chi connectivity index (χ1) is 8.69. The number of nitrogens with one attached hydrogen (secondary N) is 2. The highest BCUT2D eigenvalue weighted by Gasteiger charge is 2.23. The van der Waals surface area contributed by atoms with Gasteiger partial charge in [-0.2, -0.15) is 0 Å². The van der Waals surface area contributed by atoms with E-state index in [-0.39, 0.29) is 5.54 Å². The van der Waals surface area contributed by atoms with Crippen molar-refractivity contribution >= 4 is 11.6 Å². The fourth-order valence-corrected chi connectivity index (χ4v) is 2.05. The van der Waals surface area contributed by atoms with Crippen LogP contribution in [0.25, 0.3) is 0 Å². The van der Waals surface area contributed by atoms with Crippen molar-refractivity contribution in [2.75, 3.05) is 17.2 Å². The van der Waals surface area contributed by atoms with Gasteiger partial charge in [0.15, 0.2) is 0 Å². The van der Waals surface area contributed by atoms with Gasteiger partial charge in [0.1, 0.15) is 11.6 Å². The molecule has 0 aliphatic carbocycles. The van der Waals surface area contributed by atoms with Crippen LogP contribution in [-0.4, -0.2) is 22.1 Å². The second-order valence-corrected chi connectivity index (χ2v) is 4.68. The van der Waals surface area contributed by atoms with Gasteiger partial charge < -0.3 is 10.6 Å². The lowest BCUT2D eigenvalue weighted by atomic mass is 9.90. The summed E-state index contributed by atoms with van der Waals surface area (Å²) in [6.45, 7) is 9.71. The topological polar surface area (TPSA) is 49.8 Å². The molecule has 0 fully saturated rings. The Balaban J connectivity index is 2.77. The van der Waals surface area contributed by atoms with E-state index in [2.05, 4.69) is 48.3 Å². The predicted octanol–water partition coefficient (Wildman–Crippen LogP) is 3.68. The van der Waals surface area contributed by atoms with E-state index in [0.717, 1.165) is 43.9 Å². The molecular weight excluding hydrogens is 224 g/mol. The normalized spacial score (nSPS) is 11.3. The van der Waals surface area contributed by atoms with Gasteiger partial charge in [0.2, 0.25) is 0 Å². The van der Waals surface area contributed by atoms with E-state index in [9.17, 15) is 0 Å². The molecule has 0 radical (unpaired) electrons. The van der Waals surface area contributed by atoms with E-state index in [1.54, 1.807) is 12.4 Å². The van der Waals surface area contributed by atoms with Crippen LogP contribution in [0.4, 0.5) is 11.6 Å². The highest BCUT2D eigenvalue weighted by atomic mass is 15.1. The third kappa shape index (κ3) is 3.86. The van der Waals surface area contributed by atoms with Gasteiger partial charge in [0.25, 0.3) is 0 Å². The van der Waals surface area contributed by atoms with Crippen LogP contribution in [0.5, 0.6) is 0 Å². The molecule has 18 heavy (non-hydrogen) atoms. The maximum atomic E-state index is 4.55. The second kappa shape index (κ2) is 7.19. The zero-order valence-corrected chi connectivity index (χ0v) is 12.1. The minimum atomic E-state index is 0.137. The highest BCUT2D eigenvalue weighted by molar-refractivity contribution is 5.43. The van der Waals surface area contributed by atoms with Crippen LogP contribution >= 0.6 is 0 Å². The van der Waals surface area contributed by atoms with Crippen LogP contribution in [0.1, 0.15) is 53.4 Å². The largest absolute Gasteiger partial charge is 0.369 e. The fourth-order valence-electron chi connectivity index (χ4n) is 2.05. The summed E-state index contributed by atoms with van der Waals surface area (Å²) in [7, 11) is 0. The van der Waals surface area contributed by atoms with Gasteiger partial charge in [0, 0.05) is 12.1 Å². The highest BCUT2D eigenvalue weighted by Crippen LogP contribution is 2.24. The van der Waals surface area contributed by atoms with E-state index in [1.807, 2.05) is 0 Å². The minimum Gasteiger partial charge on any atom is -0.369 e. The van der Waals surface area contributed by atoms with Gasteiger partial charge in [-0.25, -0.2) is 4.98 Å². The van der Waals surface area contributed by atoms with E-state index >= 15 is 0 Å². The molecule has 0 bridgehead atoms. The molecule has 2 N–H and O–H groups in total. The lowest BCUT2D eigenvalue weighted by molar-refractivity contribution is 0.419. The maximum Gasteiger partial charge on any atom is 0.147 e. The van der Waals surface area contributed by atoms with Crippen molar-refractivity contribution in [1.29, 1.82) is 0 Å². The average Bonchev–Trinajstić information content (AvgIpc) is 2.43. The first-order valence-electron chi connectivity index (χ1n) is 7.03. The van der Waals surface area contributed by atoms with Crippen LogP contribution in [0, 0.1) is 0 Å². The molecule has 0 aliphatic heterocycles. The average molecular weight is 250 g/mol. The summed E-state index contributed by atoms with van der Waals surface area (Å²) >= 11 is 0. The molecule has 0 spiro atoms. The van der Waals surface area contributed by atoms with Crippen LogP contribution in [0.2, 0.25) is 0 Å². The van der Waals surface area contributed by atoms with Gasteiger partial charge in [-0.05, 0) is 25.7 Å². The quantitative estimate of drug-likeness (QED) is 0.739. The number of anilines is 2. The molecule has 4 heteroatoms. The van der Waals surface area contributed by atoms with Crippen LogP contribution in [0.3, 0.4) is 0 Å². The summed E-state index contributed by atoms with van der Waals surface area (Å²) in [5.74, 6) is 1.71. The van der Waals surface area contributed by atoms with Gasteiger partial charge >= 0.3 is 0 Å². The minimum absolute atomic E-state index is 0.137. The Labute approximate surface area is 111 Å². The predicted molar refractivity (Wildman–Crippen MR) is 78.0 cm³/mol. The Morgan fingerprint density at radius 2 is 1.61 bits per heavy atom. The van der Waals surface area contributed by atoms with E-state index in [0.29, 0.717) is 0 Å². The number of hydrogen-bond donors (Lipinski definition) is 2. The molecule has 0 amide bonds. The zero-order chi connectivity index (χ0) is 13.4. The number of aromatic nitrogens is 2. The monoisotopic (exact) mass is 250 g/mol. The zero-order valence-electron chi connectivity index (χ0n) is 12.1. The first-order valence-corrected chi connectivity index (χ1v) is 7.03. The van der Waals surface area contributed by atoms with Crippen molar-refractivity contribution in [2.24, 2.45) is 0 Å². The molecular formula is C14H26N4. The van der Waals surface area contributed by atoms with E-state index in [4.69, 9.17) is 0 Å². The molecule has 1 heterocycles. The molecule has 4 nitrogen and oxygen atoms in total. The molecule has 0 atom stereocenters. The Morgan fingerprint density at radius 1 is 1.00 bits per heavy atom. The van der Waals surface area contributed by atoms with Gasteiger partial charge in [0.05, 0.1) is 12.4 Å². The molecule has 0 saturated carbocycles. The number of hydrogen-bond acceptors (Lipinski definition) is 4. The van der Waals surface area contributed by atoms with Crippen LogP contribution < -0.4 is 10.6 Å². The van der Waals surface area contributed by atoms with Crippen LogP contribution in [-0.2, 0) is 0 Å². The van der Waals surface area contributed by atoms with Gasteiger partial charge in [-0.3, -0.25) is 4.98 Å². The van der Waals surface area contributed by atoms with Crippen molar-refractivity contribution in [1.82, 2.24) is 9.97 Å². The van der Waals surface area contributed by atoms with Crippen molar-refractivity contribution in [3.8, 4) is 0 Å².